The second kappa shape index (κ2) is 7.00. The van der Waals surface area contributed by atoms with Crippen LogP contribution in [0.1, 0.15) is 21.5 Å². The lowest BCUT2D eigenvalue weighted by atomic mass is 9.99. The third-order valence-electron chi connectivity index (χ3n) is 3.19. The molecule has 0 atom stereocenters. The fourth-order valence-corrected chi connectivity index (χ4v) is 2.18. The van der Waals surface area contributed by atoms with Gasteiger partial charge in [-0.05, 0) is 33.2 Å². The Kier molecular flexibility index (Phi) is 5.07. The van der Waals surface area contributed by atoms with Gasteiger partial charge in [0.25, 0.3) is 0 Å². The number of amides is 1. The van der Waals surface area contributed by atoms with Crippen LogP contribution in [0.4, 0.5) is 5.69 Å². The number of anilines is 1. The summed E-state index contributed by atoms with van der Waals surface area (Å²) in [4.78, 5) is 26.4. The Hall–Kier alpha value is -2.46. The molecule has 0 spiro atoms. The predicted octanol–water partition coefficient (Wildman–Crippen LogP) is 2.73. The van der Waals surface area contributed by atoms with Crippen LogP contribution in [0.15, 0.2) is 48.5 Å². The number of nitrogens with one attached hydrogen (secondary N) is 1. The molecule has 0 fully saturated rings. The highest BCUT2D eigenvalue weighted by Crippen LogP contribution is 2.21. The molecule has 4 heteroatoms. The van der Waals surface area contributed by atoms with Gasteiger partial charge in [0.05, 0.1) is 12.2 Å². The molecule has 2 rings (SSSR count). The Morgan fingerprint density at radius 3 is 2.36 bits per heavy atom. The fourth-order valence-electron chi connectivity index (χ4n) is 2.18. The van der Waals surface area contributed by atoms with E-state index in [1.54, 1.807) is 29.2 Å². The van der Waals surface area contributed by atoms with Crippen molar-refractivity contribution in [1.82, 2.24) is 4.90 Å². The monoisotopic (exact) mass is 296 g/mol. The standard InChI is InChI=1S/C18H20N2O2/c1-13-9-10-16(19-17(21)12-20(2)3)15(11-13)18(22)14-7-5-4-6-8-14/h4-11H,12H2,1-3H3,(H,19,21). The van der Waals surface area contributed by atoms with E-state index in [4.69, 9.17) is 0 Å². The molecule has 0 radical (unpaired) electrons. The molecule has 0 heterocycles. The van der Waals surface area contributed by atoms with Crippen LogP contribution in [0.3, 0.4) is 0 Å². The number of ketones is 1. The lowest BCUT2D eigenvalue weighted by Gasteiger charge is -2.13. The lowest BCUT2D eigenvalue weighted by molar-refractivity contribution is -0.116. The van der Waals surface area contributed by atoms with Gasteiger partial charge in [0.2, 0.25) is 5.91 Å². The van der Waals surface area contributed by atoms with E-state index in [0.29, 0.717) is 16.8 Å². The van der Waals surface area contributed by atoms with Gasteiger partial charge in [-0.3, -0.25) is 9.59 Å². The predicted molar refractivity (Wildman–Crippen MR) is 88.2 cm³/mol. The van der Waals surface area contributed by atoms with Crippen LogP contribution < -0.4 is 5.32 Å². The Bertz CT molecular complexity index is 679. The second-order valence-electron chi connectivity index (χ2n) is 5.53. The topological polar surface area (TPSA) is 49.4 Å². The van der Waals surface area contributed by atoms with Gasteiger partial charge in [0.1, 0.15) is 0 Å². The largest absolute Gasteiger partial charge is 0.324 e. The molecule has 0 aromatic heterocycles. The van der Waals surface area contributed by atoms with Gasteiger partial charge in [-0.25, -0.2) is 0 Å². The summed E-state index contributed by atoms with van der Waals surface area (Å²) in [6.45, 7) is 2.19. The molecular weight excluding hydrogens is 276 g/mol. The summed E-state index contributed by atoms with van der Waals surface area (Å²) in [5, 5.41) is 2.82. The minimum absolute atomic E-state index is 0.0931. The molecule has 0 aliphatic rings. The molecule has 0 saturated carbocycles. The van der Waals surface area contributed by atoms with Crippen molar-refractivity contribution in [3.63, 3.8) is 0 Å². The Labute approximate surface area is 130 Å². The van der Waals surface area contributed by atoms with E-state index in [9.17, 15) is 9.59 Å². The molecule has 2 aromatic rings. The van der Waals surface area contributed by atoms with Crippen LogP contribution in [-0.4, -0.2) is 37.2 Å². The molecule has 0 unspecified atom stereocenters. The number of carbonyl (C=O) groups excluding carboxylic acids is 2. The molecule has 114 valence electrons. The average Bonchev–Trinajstić information content (AvgIpc) is 2.48. The molecule has 1 amide bonds. The first-order chi connectivity index (χ1) is 10.5. The zero-order valence-electron chi connectivity index (χ0n) is 13.1. The van der Waals surface area contributed by atoms with Crippen molar-refractivity contribution >= 4 is 17.4 Å². The number of nitrogens with zero attached hydrogens (tertiary/aromatic N) is 1. The third kappa shape index (κ3) is 4.02. The number of benzene rings is 2. The fraction of sp³-hybridized carbons (Fsp3) is 0.222. The van der Waals surface area contributed by atoms with Gasteiger partial charge in [-0.1, -0.05) is 42.0 Å². The van der Waals surface area contributed by atoms with Gasteiger partial charge in [-0.15, -0.1) is 0 Å². The summed E-state index contributed by atoms with van der Waals surface area (Å²) >= 11 is 0. The SMILES string of the molecule is Cc1ccc(NC(=O)CN(C)C)c(C(=O)c2ccccc2)c1. The zero-order chi connectivity index (χ0) is 16.1. The highest BCUT2D eigenvalue weighted by molar-refractivity contribution is 6.14. The van der Waals surface area contributed by atoms with Gasteiger partial charge >= 0.3 is 0 Å². The summed E-state index contributed by atoms with van der Waals surface area (Å²) in [6.07, 6.45) is 0. The Morgan fingerprint density at radius 2 is 1.73 bits per heavy atom. The smallest absolute Gasteiger partial charge is 0.238 e. The van der Waals surface area contributed by atoms with Crippen molar-refractivity contribution in [1.29, 1.82) is 0 Å². The minimum atomic E-state index is -0.143. The Balaban J connectivity index is 2.32. The molecule has 0 aliphatic heterocycles. The van der Waals surface area contributed by atoms with Crippen molar-refractivity contribution in [2.45, 2.75) is 6.92 Å². The van der Waals surface area contributed by atoms with Crippen LogP contribution >= 0.6 is 0 Å². The first-order valence-electron chi connectivity index (χ1n) is 7.12. The van der Waals surface area contributed by atoms with Crippen LogP contribution in [0.5, 0.6) is 0 Å². The quantitative estimate of drug-likeness (QED) is 0.863. The maximum absolute atomic E-state index is 12.7. The van der Waals surface area contributed by atoms with Crippen LogP contribution in [0.2, 0.25) is 0 Å². The van der Waals surface area contributed by atoms with Crippen LogP contribution in [0, 0.1) is 6.92 Å². The summed E-state index contributed by atoms with van der Waals surface area (Å²) in [5.74, 6) is -0.236. The molecular formula is C18H20N2O2. The molecule has 0 saturated heterocycles. The second-order valence-corrected chi connectivity index (χ2v) is 5.53. The van der Waals surface area contributed by atoms with Gasteiger partial charge in [0, 0.05) is 11.1 Å². The van der Waals surface area contributed by atoms with E-state index in [-0.39, 0.29) is 18.2 Å². The zero-order valence-corrected chi connectivity index (χ0v) is 13.1. The van der Waals surface area contributed by atoms with Crippen molar-refractivity contribution in [3.8, 4) is 0 Å². The van der Waals surface area contributed by atoms with E-state index in [2.05, 4.69) is 5.32 Å². The Morgan fingerprint density at radius 1 is 1.05 bits per heavy atom. The van der Waals surface area contributed by atoms with E-state index in [1.807, 2.05) is 45.3 Å². The van der Waals surface area contributed by atoms with Crippen LogP contribution in [-0.2, 0) is 4.79 Å². The molecule has 1 N–H and O–H groups in total. The maximum Gasteiger partial charge on any atom is 0.238 e. The normalized spacial score (nSPS) is 10.5. The first-order valence-corrected chi connectivity index (χ1v) is 7.12. The number of hydrogen-bond donors (Lipinski definition) is 1. The number of hydrogen-bond acceptors (Lipinski definition) is 3. The summed E-state index contributed by atoms with van der Waals surface area (Å²) in [7, 11) is 3.65. The summed E-state index contributed by atoms with van der Waals surface area (Å²) < 4.78 is 0. The lowest BCUT2D eigenvalue weighted by Crippen LogP contribution is -2.27. The number of rotatable bonds is 5. The van der Waals surface area contributed by atoms with Gasteiger partial charge in [-0.2, -0.15) is 0 Å². The van der Waals surface area contributed by atoms with Gasteiger partial charge in [0.15, 0.2) is 5.78 Å². The number of aryl methyl sites for hydroxylation is 1. The van der Waals surface area contributed by atoms with Crippen molar-refractivity contribution in [2.75, 3.05) is 26.0 Å². The van der Waals surface area contributed by atoms with E-state index >= 15 is 0 Å². The van der Waals surface area contributed by atoms with E-state index in [0.717, 1.165) is 5.56 Å². The van der Waals surface area contributed by atoms with Crippen molar-refractivity contribution < 1.29 is 9.59 Å². The van der Waals surface area contributed by atoms with Crippen molar-refractivity contribution in [2.24, 2.45) is 0 Å². The van der Waals surface area contributed by atoms with Crippen molar-refractivity contribution in [3.05, 3.63) is 65.2 Å². The molecule has 0 bridgehead atoms. The van der Waals surface area contributed by atoms with E-state index in [1.165, 1.54) is 0 Å². The molecule has 4 nitrogen and oxygen atoms in total. The summed E-state index contributed by atoms with van der Waals surface area (Å²) in [6, 6.07) is 14.5. The summed E-state index contributed by atoms with van der Waals surface area (Å²) in [5.41, 5.74) is 2.64. The van der Waals surface area contributed by atoms with Crippen LogP contribution in [0.25, 0.3) is 0 Å². The van der Waals surface area contributed by atoms with E-state index < -0.39 is 0 Å². The molecule has 22 heavy (non-hydrogen) atoms. The minimum Gasteiger partial charge on any atom is -0.324 e. The maximum atomic E-state index is 12.7. The first kappa shape index (κ1) is 15.9. The third-order valence-corrected chi connectivity index (χ3v) is 3.19. The average molecular weight is 296 g/mol. The molecule has 2 aromatic carbocycles. The molecule has 0 aliphatic carbocycles. The highest BCUT2D eigenvalue weighted by atomic mass is 16.2. The van der Waals surface area contributed by atoms with Gasteiger partial charge < -0.3 is 10.2 Å². The number of likely N-dealkylation sites (N-methyl/N-ethyl adjacent to an activating group) is 1. The highest BCUT2D eigenvalue weighted by Gasteiger charge is 2.15. The number of carbonyl (C=O) groups is 2.